The number of benzene rings is 1. The standard InChI is InChI=1S/C17H25F5OSi/c1-4-24(5-2,23-3)11-9-7-6-8-10-12-13(18)15(20)17(22)16(21)14(12)19/h4-11H2,1-3H3. The van der Waals surface area contributed by atoms with Gasteiger partial charge in [0.25, 0.3) is 0 Å². The summed E-state index contributed by atoms with van der Waals surface area (Å²) in [5.74, 6) is -9.27. The largest absolute Gasteiger partial charge is 0.420 e. The van der Waals surface area contributed by atoms with Crippen LogP contribution in [0.1, 0.15) is 45.1 Å². The summed E-state index contributed by atoms with van der Waals surface area (Å²) in [5, 5.41) is 0. The Morgan fingerprint density at radius 1 is 0.708 bits per heavy atom. The van der Waals surface area contributed by atoms with Gasteiger partial charge < -0.3 is 4.43 Å². The second kappa shape index (κ2) is 9.51. The van der Waals surface area contributed by atoms with Crippen molar-refractivity contribution in [1.82, 2.24) is 0 Å². The van der Waals surface area contributed by atoms with E-state index in [0.717, 1.165) is 31.0 Å². The summed E-state index contributed by atoms with van der Waals surface area (Å²) in [6.45, 7) is 4.25. The molecule has 0 aliphatic carbocycles. The van der Waals surface area contributed by atoms with Gasteiger partial charge in [-0.1, -0.05) is 33.1 Å². The van der Waals surface area contributed by atoms with E-state index in [1.165, 1.54) is 0 Å². The molecule has 138 valence electrons. The Hall–Kier alpha value is -0.953. The molecule has 1 aromatic carbocycles. The Kier molecular flexibility index (Phi) is 8.36. The van der Waals surface area contributed by atoms with Crippen LogP contribution in [-0.4, -0.2) is 15.4 Å². The molecule has 24 heavy (non-hydrogen) atoms. The summed E-state index contributed by atoms with van der Waals surface area (Å²) >= 11 is 0. The Bertz CT molecular complexity index is 509. The van der Waals surface area contributed by atoms with Crippen LogP contribution in [0.5, 0.6) is 0 Å². The van der Waals surface area contributed by atoms with Crippen molar-refractivity contribution in [1.29, 1.82) is 0 Å². The minimum Gasteiger partial charge on any atom is -0.420 e. The lowest BCUT2D eigenvalue weighted by molar-refractivity contribution is 0.368. The summed E-state index contributed by atoms with van der Waals surface area (Å²) in [4.78, 5) is 0. The van der Waals surface area contributed by atoms with E-state index >= 15 is 0 Å². The molecule has 0 bridgehead atoms. The van der Waals surface area contributed by atoms with Crippen LogP contribution in [-0.2, 0) is 10.8 Å². The molecule has 0 fully saturated rings. The number of rotatable bonds is 10. The van der Waals surface area contributed by atoms with Gasteiger partial charge in [0, 0.05) is 12.7 Å². The van der Waals surface area contributed by atoms with E-state index in [-0.39, 0.29) is 6.42 Å². The van der Waals surface area contributed by atoms with Gasteiger partial charge in [-0.3, -0.25) is 0 Å². The van der Waals surface area contributed by atoms with E-state index < -0.39 is 43.0 Å². The Balaban J connectivity index is 2.50. The minimum atomic E-state index is -2.10. The molecule has 1 nitrogen and oxygen atoms in total. The molecule has 1 aromatic rings. The molecule has 0 heterocycles. The molecular formula is C17H25F5OSi. The van der Waals surface area contributed by atoms with Gasteiger partial charge >= 0.3 is 0 Å². The maximum absolute atomic E-state index is 13.5. The van der Waals surface area contributed by atoms with Gasteiger partial charge in [-0.25, -0.2) is 22.0 Å². The SMILES string of the molecule is CC[Si](CC)(CCCCCCc1c(F)c(F)c(F)c(F)c1F)OC. The first kappa shape index (κ1) is 21.1. The molecule has 0 saturated heterocycles. The van der Waals surface area contributed by atoms with Crippen molar-refractivity contribution in [3.05, 3.63) is 34.6 Å². The fraction of sp³-hybridized carbons (Fsp3) is 0.647. The zero-order chi connectivity index (χ0) is 18.3. The number of unbranched alkanes of at least 4 members (excludes halogenated alkanes) is 3. The maximum atomic E-state index is 13.5. The molecule has 0 radical (unpaired) electrons. The van der Waals surface area contributed by atoms with Gasteiger partial charge in [-0.15, -0.1) is 0 Å². The van der Waals surface area contributed by atoms with Crippen LogP contribution in [0.3, 0.4) is 0 Å². The van der Waals surface area contributed by atoms with Gasteiger partial charge in [-0.05, 0) is 31.0 Å². The fourth-order valence-electron chi connectivity index (χ4n) is 2.97. The molecule has 0 amide bonds. The number of hydrogen-bond acceptors (Lipinski definition) is 1. The van der Waals surface area contributed by atoms with E-state index in [0.29, 0.717) is 12.8 Å². The van der Waals surface area contributed by atoms with Crippen molar-refractivity contribution in [2.45, 2.75) is 64.1 Å². The zero-order valence-corrected chi connectivity index (χ0v) is 15.5. The smallest absolute Gasteiger partial charge is 0.200 e. The highest BCUT2D eigenvalue weighted by molar-refractivity contribution is 6.73. The van der Waals surface area contributed by atoms with Crippen LogP contribution in [0.15, 0.2) is 0 Å². The lowest BCUT2D eigenvalue weighted by atomic mass is 10.0. The number of halogens is 5. The second-order valence-corrected chi connectivity index (χ2v) is 10.7. The van der Waals surface area contributed by atoms with Crippen LogP contribution in [0.2, 0.25) is 18.1 Å². The first-order valence-electron chi connectivity index (χ1n) is 8.39. The predicted molar refractivity (Wildman–Crippen MR) is 86.9 cm³/mol. The average Bonchev–Trinajstić information content (AvgIpc) is 2.61. The van der Waals surface area contributed by atoms with Crippen molar-refractivity contribution in [3.8, 4) is 0 Å². The van der Waals surface area contributed by atoms with Crippen molar-refractivity contribution in [2.24, 2.45) is 0 Å². The third kappa shape index (κ3) is 4.78. The second-order valence-electron chi connectivity index (χ2n) is 6.06. The van der Waals surface area contributed by atoms with Gasteiger partial charge in [0.2, 0.25) is 5.82 Å². The van der Waals surface area contributed by atoms with Crippen molar-refractivity contribution in [2.75, 3.05) is 7.11 Å². The Labute approximate surface area is 141 Å². The lowest BCUT2D eigenvalue weighted by Crippen LogP contribution is -2.34. The molecule has 0 unspecified atom stereocenters. The van der Waals surface area contributed by atoms with Crippen LogP contribution in [0.4, 0.5) is 22.0 Å². The molecule has 0 spiro atoms. The van der Waals surface area contributed by atoms with Gasteiger partial charge in [0.1, 0.15) is 0 Å². The van der Waals surface area contributed by atoms with E-state index in [1.807, 2.05) is 0 Å². The highest BCUT2D eigenvalue weighted by Gasteiger charge is 2.28. The Morgan fingerprint density at radius 3 is 1.62 bits per heavy atom. The molecule has 0 aliphatic rings. The molecule has 7 heteroatoms. The van der Waals surface area contributed by atoms with Crippen LogP contribution in [0, 0.1) is 29.1 Å². The van der Waals surface area contributed by atoms with E-state index in [2.05, 4.69) is 13.8 Å². The summed E-state index contributed by atoms with van der Waals surface area (Å²) in [6, 6.07) is 3.12. The average molecular weight is 368 g/mol. The van der Waals surface area contributed by atoms with Gasteiger partial charge in [-0.2, -0.15) is 0 Å². The highest BCUT2D eigenvalue weighted by Crippen LogP contribution is 2.26. The molecule has 1 rings (SSSR count). The van der Waals surface area contributed by atoms with Gasteiger partial charge in [0.15, 0.2) is 31.6 Å². The van der Waals surface area contributed by atoms with E-state index in [4.69, 9.17) is 4.43 Å². The van der Waals surface area contributed by atoms with Crippen LogP contribution < -0.4 is 0 Å². The summed E-state index contributed by atoms with van der Waals surface area (Å²) < 4.78 is 72.0. The third-order valence-corrected chi connectivity index (χ3v) is 9.54. The number of hydrogen-bond donors (Lipinski definition) is 0. The maximum Gasteiger partial charge on any atom is 0.200 e. The van der Waals surface area contributed by atoms with E-state index in [1.54, 1.807) is 7.11 Å². The molecule has 0 aliphatic heterocycles. The van der Waals surface area contributed by atoms with E-state index in [9.17, 15) is 22.0 Å². The monoisotopic (exact) mass is 368 g/mol. The fourth-order valence-corrected chi connectivity index (χ4v) is 5.85. The minimum absolute atomic E-state index is 0.153. The Morgan fingerprint density at radius 2 is 1.17 bits per heavy atom. The summed E-state index contributed by atoms with van der Waals surface area (Å²) in [6.07, 6.45) is 2.73. The predicted octanol–water partition coefficient (Wildman–Crippen LogP) is 6.12. The van der Waals surface area contributed by atoms with Crippen LogP contribution >= 0.6 is 0 Å². The molecule has 0 saturated carbocycles. The first-order valence-corrected chi connectivity index (χ1v) is 10.9. The topological polar surface area (TPSA) is 9.23 Å². The third-order valence-electron chi connectivity index (χ3n) is 4.83. The quantitative estimate of drug-likeness (QED) is 0.159. The highest BCUT2D eigenvalue weighted by atomic mass is 28.4. The molecular weight excluding hydrogens is 343 g/mol. The first-order chi connectivity index (χ1) is 11.3. The van der Waals surface area contributed by atoms with Crippen molar-refractivity contribution < 1.29 is 26.4 Å². The normalized spacial score (nSPS) is 12.0. The van der Waals surface area contributed by atoms with Gasteiger partial charge in [0.05, 0.1) is 0 Å². The zero-order valence-electron chi connectivity index (χ0n) is 14.5. The van der Waals surface area contributed by atoms with Crippen molar-refractivity contribution >= 4 is 8.32 Å². The molecule has 0 atom stereocenters. The lowest BCUT2D eigenvalue weighted by Gasteiger charge is -2.27. The molecule has 0 N–H and O–H groups in total. The van der Waals surface area contributed by atoms with Crippen molar-refractivity contribution in [3.63, 3.8) is 0 Å². The summed E-state index contributed by atoms with van der Waals surface area (Å²) in [7, 11) is 0.111. The molecule has 0 aromatic heterocycles. The summed E-state index contributed by atoms with van der Waals surface area (Å²) in [5.41, 5.74) is -0.714. The van der Waals surface area contributed by atoms with Crippen LogP contribution in [0.25, 0.3) is 0 Å².